The summed E-state index contributed by atoms with van der Waals surface area (Å²) in [5.41, 5.74) is 0.376. The van der Waals surface area contributed by atoms with Crippen molar-refractivity contribution in [3.63, 3.8) is 0 Å². The molecule has 4 rings (SSSR count). The first-order chi connectivity index (χ1) is 13.9. The van der Waals surface area contributed by atoms with Crippen LogP contribution in [0.15, 0.2) is 29.1 Å². The molecular weight excluding hydrogens is 394 g/mol. The number of carbonyl (C=O) groups is 1. The molecule has 156 valence electrons. The van der Waals surface area contributed by atoms with Crippen molar-refractivity contribution >= 4 is 26.6 Å². The highest BCUT2D eigenvalue weighted by atomic mass is 32.2. The van der Waals surface area contributed by atoms with Gasteiger partial charge >= 0.3 is 0 Å². The summed E-state index contributed by atoms with van der Waals surface area (Å²) in [5, 5.41) is 8.54. The van der Waals surface area contributed by atoms with E-state index in [9.17, 15) is 18.0 Å². The molecule has 2 saturated heterocycles. The Bertz CT molecular complexity index is 1060. The predicted octanol–water partition coefficient (Wildman–Crippen LogP) is -0.0970. The van der Waals surface area contributed by atoms with Crippen molar-refractivity contribution in [2.24, 2.45) is 0 Å². The molecule has 9 nitrogen and oxygen atoms in total. The fourth-order valence-corrected chi connectivity index (χ4v) is 5.87. The van der Waals surface area contributed by atoms with Gasteiger partial charge in [0.1, 0.15) is 5.52 Å². The van der Waals surface area contributed by atoms with Gasteiger partial charge in [0.05, 0.1) is 16.9 Å². The van der Waals surface area contributed by atoms with E-state index >= 15 is 0 Å². The van der Waals surface area contributed by atoms with E-state index in [1.165, 1.54) is 4.68 Å². The van der Waals surface area contributed by atoms with Gasteiger partial charge < -0.3 is 4.90 Å². The molecule has 3 heterocycles. The minimum atomic E-state index is -2.89. The van der Waals surface area contributed by atoms with Crippen molar-refractivity contribution in [1.82, 2.24) is 24.8 Å². The van der Waals surface area contributed by atoms with Crippen molar-refractivity contribution < 1.29 is 13.2 Å². The zero-order valence-corrected chi connectivity index (χ0v) is 17.1. The lowest BCUT2D eigenvalue weighted by Gasteiger charge is -2.37. The van der Waals surface area contributed by atoms with Gasteiger partial charge in [-0.3, -0.25) is 14.5 Å². The lowest BCUT2D eigenvalue weighted by Crippen LogP contribution is -2.52. The van der Waals surface area contributed by atoms with E-state index in [4.69, 9.17) is 0 Å². The van der Waals surface area contributed by atoms with Gasteiger partial charge in [0.2, 0.25) is 5.91 Å². The molecule has 2 aliphatic rings. The zero-order valence-electron chi connectivity index (χ0n) is 16.2. The summed E-state index contributed by atoms with van der Waals surface area (Å²) in [6, 6.07) is 7.17. The molecule has 29 heavy (non-hydrogen) atoms. The second-order valence-corrected chi connectivity index (χ2v) is 9.94. The molecule has 0 aliphatic carbocycles. The first kappa shape index (κ1) is 20.0. The molecule has 1 aromatic heterocycles. The number of nitrogens with zero attached hydrogens (tertiary/aromatic N) is 5. The van der Waals surface area contributed by atoms with Gasteiger partial charge in [-0.25, -0.2) is 13.1 Å². The largest absolute Gasteiger partial charge is 0.340 e. The number of hydrogen-bond acceptors (Lipinski definition) is 7. The van der Waals surface area contributed by atoms with Gasteiger partial charge in [-0.2, -0.15) is 0 Å². The molecule has 2 aliphatic heterocycles. The van der Waals surface area contributed by atoms with Crippen LogP contribution < -0.4 is 5.56 Å². The number of carbonyl (C=O) groups excluding carboxylic acids is 1. The van der Waals surface area contributed by atoms with E-state index in [1.807, 2.05) is 11.0 Å². The SMILES string of the molecule is O=C(CCCn1nnc2ccccc2c1=O)N1CCN(C2CCS(=O)(=O)C2)CC1. The topological polar surface area (TPSA) is 105 Å². The summed E-state index contributed by atoms with van der Waals surface area (Å²) in [5.74, 6) is 0.571. The van der Waals surface area contributed by atoms with Crippen molar-refractivity contribution in [2.75, 3.05) is 37.7 Å². The van der Waals surface area contributed by atoms with Crippen molar-refractivity contribution in [1.29, 1.82) is 0 Å². The molecule has 2 fully saturated rings. The lowest BCUT2D eigenvalue weighted by molar-refractivity contribution is -0.133. The Hall–Kier alpha value is -2.33. The van der Waals surface area contributed by atoms with Gasteiger partial charge in [0, 0.05) is 45.2 Å². The third-order valence-corrected chi connectivity index (χ3v) is 7.53. The van der Waals surface area contributed by atoms with Gasteiger partial charge in [-0.1, -0.05) is 17.3 Å². The minimum absolute atomic E-state index is 0.0606. The highest BCUT2D eigenvalue weighted by molar-refractivity contribution is 7.91. The van der Waals surface area contributed by atoms with Gasteiger partial charge in [0.25, 0.3) is 5.56 Å². The Morgan fingerprint density at radius 3 is 2.62 bits per heavy atom. The third kappa shape index (κ3) is 4.48. The van der Waals surface area contributed by atoms with Crippen LogP contribution in [0.5, 0.6) is 0 Å². The summed E-state index contributed by atoms with van der Waals surface area (Å²) in [4.78, 5) is 29.0. The smallest absolute Gasteiger partial charge is 0.277 e. The number of fused-ring (bicyclic) bond motifs is 1. The van der Waals surface area contributed by atoms with Crippen LogP contribution in [0, 0.1) is 0 Å². The molecule has 1 amide bonds. The average molecular weight is 420 g/mol. The predicted molar refractivity (Wildman–Crippen MR) is 108 cm³/mol. The van der Waals surface area contributed by atoms with Gasteiger partial charge in [0.15, 0.2) is 9.84 Å². The summed E-state index contributed by atoms with van der Waals surface area (Å²) in [6.07, 6.45) is 1.56. The third-order valence-electron chi connectivity index (χ3n) is 5.78. The fourth-order valence-electron chi connectivity index (χ4n) is 4.11. The van der Waals surface area contributed by atoms with Crippen LogP contribution in [0.3, 0.4) is 0 Å². The molecule has 0 spiro atoms. The first-order valence-electron chi connectivity index (χ1n) is 9.98. The highest BCUT2D eigenvalue weighted by Gasteiger charge is 2.34. The van der Waals surface area contributed by atoms with Gasteiger partial charge in [-0.15, -0.1) is 5.10 Å². The van der Waals surface area contributed by atoms with Crippen LogP contribution >= 0.6 is 0 Å². The fraction of sp³-hybridized carbons (Fsp3) is 0.579. The second kappa shape index (κ2) is 8.19. The zero-order chi connectivity index (χ0) is 20.4. The number of benzene rings is 1. The van der Waals surface area contributed by atoms with E-state index in [0.717, 1.165) is 0 Å². The number of amides is 1. The molecular formula is C19H25N5O4S. The highest BCUT2D eigenvalue weighted by Crippen LogP contribution is 2.19. The maximum absolute atomic E-state index is 12.5. The summed E-state index contributed by atoms with van der Waals surface area (Å²) in [7, 11) is -2.89. The summed E-state index contributed by atoms with van der Waals surface area (Å²) in [6.45, 7) is 3.00. The van der Waals surface area contributed by atoms with Crippen molar-refractivity contribution in [3.05, 3.63) is 34.6 Å². The van der Waals surface area contributed by atoms with E-state index in [1.54, 1.807) is 18.2 Å². The van der Waals surface area contributed by atoms with Crippen LogP contribution in [0.25, 0.3) is 10.9 Å². The summed E-state index contributed by atoms with van der Waals surface area (Å²) >= 11 is 0. The monoisotopic (exact) mass is 419 g/mol. The first-order valence-corrected chi connectivity index (χ1v) is 11.8. The summed E-state index contributed by atoms with van der Waals surface area (Å²) < 4.78 is 24.6. The number of aromatic nitrogens is 3. The molecule has 1 aromatic carbocycles. The van der Waals surface area contributed by atoms with Crippen LogP contribution in [0.4, 0.5) is 0 Å². The van der Waals surface area contributed by atoms with Gasteiger partial charge in [-0.05, 0) is 25.0 Å². The minimum Gasteiger partial charge on any atom is -0.340 e. The Kier molecular flexibility index (Phi) is 5.64. The molecule has 0 N–H and O–H groups in total. The van der Waals surface area contributed by atoms with Crippen molar-refractivity contribution in [3.8, 4) is 0 Å². The quantitative estimate of drug-likeness (QED) is 0.666. The van der Waals surface area contributed by atoms with E-state index in [2.05, 4.69) is 15.2 Å². The Morgan fingerprint density at radius 2 is 1.90 bits per heavy atom. The number of sulfone groups is 1. The molecule has 0 bridgehead atoms. The Labute approximate surface area is 169 Å². The van der Waals surface area contributed by atoms with E-state index in [-0.39, 0.29) is 29.0 Å². The van der Waals surface area contributed by atoms with Crippen LogP contribution in [-0.2, 0) is 21.2 Å². The van der Waals surface area contributed by atoms with Crippen LogP contribution in [0.1, 0.15) is 19.3 Å². The maximum Gasteiger partial charge on any atom is 0.277 e. The second-order valence-electron chi connectivity index (χ2n) is 7.71. The Morgan fingerprint density at radius 1 is 1.14 bits per heavy atom. The normalized spacial score (nSPS) is 22.2. The van der Waals surface area contributed by atoms with E-state index in [0.29, 0.717) is 62.9 Å². The van der Waals surface area contributed by atoms with Crippen LogP contribution in [0.2, 0.25) is 0 Å². The standard InChI is InChI=1S/C19H25N5O4S/c25-18(23-11-9-22(10-12-23)15-7-13-29(27,28)14-15)6-3-8-24-19(26)16-4-1-2-5-17(16)20-21-24/h1-2,4-5,15H,3,6-14H2. The average Bonchev–Trinajstić information content (AvgIpc) is 3.09. The molecule has 0 saturated carbocycles. The van der Waals surface area contributed by atoms with E-state index < -0.39 is 9.84 Å². The molecule has 1 unspecified atom stereocenters. The molecule has 10 heteroatoms. The number of rotatable bonds is 5. The lowest BCUT2D eigenvalue weighted by atomic mass is 10.1. The molecule has 2 aromatic rings. The van der Waals surface area contributed by atoms with Crippen LogP contribution in [-0.4, -0.2) is 82.8 Å². The number of hydrogen-bond donors (Lipinski definition) is 0. The molecule has 1 atom stereocenters. The number of aryl methyl sites for hydroxylation is 1. The Balaban J connectivity index is 1.26. The van der Waals surface area contributed by atoms with Crippen molar-refractivity contribution in [2.45, 2.75) is 31.8 Å². The maximum atomic E-state index is 12.5. The number of piperazine rings is 1. The molecule has 0 radical (unpaired) electrons.